The summed E-state index contributed by atoms with van der Waals surface area (Å²) in [4.78, 5) is 9.73. The molecule has 0 spiro atoms. The van der Waals surface area contributed by atoms with Crippen LogP contribution in [0.3, 0.4) is 0 Å². The number of rotatable bonds is 4. The summed E-state index contributed by atoms with van der Waals surface area (Å²) < 4.78 is 0. The van der Waals surface area contributed by atoms with Gasteiger partial charge in [-0.15, -0.1) is 0 Å². The molecule has 1 rings (SSSR count). The van der Waals surface area contributed by atoms with Gasteiger partial charge in [-0.05, 0) is 6.92 Å². The standard InChI is InChI=1S/C9H12ClN5/c1-2-15(5-3-4-11)9-7(12)8(10)13-6-14-9/h6H,2-3,5,12H2,1H3. The minimum Gasteiger partial charge on any atom is -0.393 e. The lowest BCUT2D eigenvalue weighted by Gasteiger charge is -2.21. The van der Waals surface area contributed by atoms with E-state index in [9.17, 15) is 0 Å². The molecule has 0 bridgehead atoms. The first-order valence-electron chi connectivity index (χ1n) is 4.58. The summed E-state index contributed by atoms with van der Waals surface area (Å²) in [5.74, 6) is 0.591. The first kappa shape index (κ1) is 11.5. The average Bonchev–Trinajstić information content (AvgIpc) is 2.25. The van der Waals surface area contributed by atoms with Crippen LogP contribution in [0.15, 0.2) is 6.33 Å². The highest BCUT2D eigenvalue weighted by atomic mass is 35.5. The molecule has 0 aliphatic heterocycles. The Morgan fingerprint density at radius 2 is 2.33 bits per heavy atom. The predicted octanol–water partition coefficient (Wildman–Crippen LogP) is 1.45. The number of hydrogen-bond donors (Lipinski definition) is 1. The minimum atomic E-state index is 0.246. The fraction of sp³-hybridized carbons (Fsp3) is 0.444. The van der Waals surface area contributed by atoms with E-state index in [2.05, 4.69) is 16.0 Å². The first-order valence-corrected chi connectivity index (χ1v) is 4.96. The number of hydrogen-bond acceptors (Lipinski definition) is 5. The summed E-state index contributed by atoms with van der Waals surface area (Å²) in [6, 6.07) is 2.08. The number of nitrogen functional groups attached to an aromatic ring is 1. The largest absolute Gasteiger partial charge is 0.393 e. The Kier molecular flexibility index (Phi) is 4.13. The SMILES string of the molecule is CCN(CCC#N)c1ncnc(Cl)c1N. The van der Waals surface area contributed by atoms with Crippen molar-refractivity contribution in [1.82, 2.24) is 9.97 Å². The zero-order valence-electron chi connectivity index (χ0n) is 8.44. The predicted molar refractivity (Wildman–Crippen MR) is 59.6 cm³/mol. The third-order valence-electron chi connectivity index (χ3n) is 1.99. The lowest BCUT2D eigenvalue weighted by molar-refractivity contribution is 0.809. The van der Waals surface area contributed by atoms with E-state index in [1.54, 1.807) is 0 Å². The molecule has 0 radical (unpaired) electrons. The molecule has 1 aromatic heterocycles. The highest BCUT2D eigenvalue weighted by molar-refractivity contribution is 6.32. The third kappa shape index (κ3) is 2.70. The maximum absolute atomic E-state index is 8.51. The van der Waals surface area contributed by atoms with Crippen molar-refractivity contribution in [3.05, 3.63) is 11.5 Å². The monoisotopic (exact) mass is 225 g/mol. The van der Waals surface area contributed by atoms with Crippen LogP contribution in [0.25, 0.3) is 0 Å². The Morgan fingerprint density at radius 3 is 2.93 bits per heavy atom. The molecule has 0 atom stereocenters. The lowest BCUT2D eigenvalue weighted by atomic mass is 10.3. The Hall–Kier alpha value is -1.54. The van der Waals surface area contributed by atoms with Crippen molar-refractivity contribution in [3.63, 3.8) is 0 Å². The van der Waals surface area contributed by atoms with E-state index in [-0.39, 0.29) is 5.15 Å². The van der Waals surface area contributed by atoms with Gasteiger partial charge < -0.3 is 10.6 Å². The number of nitrogens with zero attached hydrogens (tertiary/aromatic N) is 4. The second kappa shape index (κ2) is 5.37. The van der Waals surface area contributed by atoms with Crippen LogP contribution in [0.2, 0.25) is 5.15 Å². The van der Waals surface area contributed by atoms with Crippen molar-refractivity contribution < 1.29 is 0 Å². The average molecular weight is 226 g/mol. The normalized spacial score (nSPS) is 9.67. The van der Waals surface area contributed by atoms with Crippen molar-refractivity contribution in [1.29, 1.82) is 5.26 Å². The van der Waals surface area contributed by atoms with E-state index in [1.807, 2.05) is 11.8 Å². The highest BCUT2D eigenvalue weighted by Crippen LogP contribution is 2.25. The van der Waals surface area contributed by atoms with Gasteiger partial charge in [0.05, 0.1) is 12.5 Å². The summed E-state index contributed by atoms with van der Waals surface area (Å²) in [6.45, 7) is 3.27. The molecule has 0 aromatic carbocycles. The van der Waals surface area contributed by atoms with Gasteiger partial charge in [-0.25, -0.2) is 9.97 Å². The molecule has 0 fully saturated rings. The maximum atomic E-state index is 8.51. The lowest BCUT2D eigenvalue weighted by Crippen LogP contribution is -2.25. The van der Waals surface area contributed by atoms with Crippen molar-refractivity contribution in [2.75, 3.05) is 23.7 Å². The quantitative estimate of drug-likeness (QED) is 0.785. The van der Waals surface area contributed by atoms with E-state index >= 15 is 0 Å². The summed E-state index contributed by atoms with van der Waals surface area (Å²) in [5.41, 5.74) is 6.11. The molecule has 80 valence electrons. The van der Waals surface area contributed by atoms with Crippen molar-refractivity contribution in [3.8, 4) is 6.07 Å². The second-order valence-electron chi connectivity index (χ2n) is 2.89. The van der Waals surface area contributed by atoms with Crippen LogP contribution < -0.4 is 10.6 Å². The number of aromatic nitrogens is 2. The molecule has 0 unspecified atom stereocenters. The molecule has 0 saturated carbocycles. The van der Waals surface area contributed by atoms with E-state index in [0.29, 0.717) is 24.5 Å². The topological polar surface area (TPSA) is 78.8 Å². The summed E-state index contributed by atoms with van der Waals surface area (Å²) >= 11 is 5.78. The van der Waals surface area contributed by atoms with Crippen LogP contribution in [-0.4, -0.2) is 23.1 Å². The van der Waals surface area contributed by atoms with Gasteiger partial charge in [0.15, 0.2) is 11.0 Å². The number of nitrogens with two attached hydrogens (primary N) is 1. The second-order valence-corrected chi connectivity index (χ2v) is 3.25. The van der Waals surface area contributed by atoms with E-state index in [4.69, 9.17) is 22.6 Å². The Bertz CT molecular complexity index is 373. The van der Waals surface area contributed by atoms with E-state index < -0.39 is 0 Å². The smallest absolute Gasteiger partial charge is 0.157 e. The zero-order valence-corrected chi connectivity index (χ0v) is 9.20. The molecule has 15 heavy (non-hydrogen) atoms. The van der Waals surface area contributed by atoms with Gasteiger partial charge in [0.1, 0.15) is 12.0 Å². The molecule has 1 aromatic rings. The molecule has 0 aliphatic rings. The zero-order chi connectivity index (χ0) is 11.3. The molecule has 0 aliphatic carbocycles. The number of nitriles is 1. The maximum Gasteiger partial charge on any atom is 0.157 e. The molecule has 1 heterocycles. The molecule has 2 N–H and O–H groups in total. The van der Waals surface area contributed by atoms with Gasteiger partial charge in [-0.3, -0.25) is 0 Å². The molecule has 0 amide bonds. The van der Waals surface area contributed by atoms with Crippen LogP contribution in [0.1, 0.15) is 13.3 Å². The Morgan fingerprint density at radius 1 is 1.60 bits per heavy atom. The van der Waals surface area contributed by atoms with Crippen LogP contribution in [0.5, 0.6) is 0 Å². The Balaban J connectivity index is 2.92. The fourth-order valence-corrected chi connectivity index (χ4v) is 1.34. The summed E-state index contributed by atoms with van der Waals surface area (Å²) in [6.07, 6.45) is 1.79. The fourth-order valence-electron chi connectivity index (χ4n) is 1.22. The van der Waals surface area contributed by atoms with Crippen LogP contribution >= 0.6 is 11.6 Å². The van der Waals surface area contributed by atoms with Crippen LogP contribution in [-0.2, 0) is 0 Å². The van der Waals surface area contributed by atoms with Gasteiger partial charge in [-0.1, -0.05) is 11.6 Å². The molecule has 0 saturated heterocycles. The summed E-state index contributed by atoms with van der Waals surface area (Å²) in [5, 5.41) is 8.76. The molecular weight excluding hydrogens is 214 g/mol. The van der Waals surface area contributed by atoms with Crippen LogP contribution in [0.4, 0.5) is 11.5 Å². The summed E-state index contributed by atoms with van der Waals surface area (Å²) in [7, 11) is 0. The number of halogens is 1. The van der Waals surface area contributed by atoms with Gasteiger partial charge in [0.25, 0.3) is 0 Å². The highest BCUT2D eigenvalue weighted by Gasteiger charge is 2.12. The van der Waals surface area contributed by atoms with Gasteiger partial charge >= 0.3 is 0 Å². The van der Waals surface area contributed by atoms with Crippen molar-refractivity contribution in [2.45, 2.75) is 13.3 Å². The minimum absolute atomic E-state index is 0.246. The van der Waals surface area contributed by atoms with Gasteiger partial charge in [0.2, 0.25) is 0 Å². The number of anilines is 2. The Labute approximate surface area is 93.5 Å². The van der Waals surface area contributed by atoms with Crippen molar-refractivity contribution in [2.24, 2.45) is 0 Å². The van der Waals surface area contributed by atoms with Crippen LogP contribution in [0, 0.1) is 11.3 Å². The van der Waals surface area contributed by atoms with E-state index in [0.717, 1.165) is 6.54 Å². The molecule has 5 nitrogen and oxygen atoms in total. The van der Waals surface area contributed by atoms with Crippen molar-refractivity contribution >= 4 is 23.1 Å². The first-order chi connectivity index (χ1) is 7.20. The van der Waals surface area contributed by atoms with E-state index in [1.165, 1.54) is 6.33 Å². The van der Waals surface area contributed by atoms with Gasteiger partial charge in [0, 0.05) is 13.1 Å². The van der Waals surface area contributed by atoms with Gasteiger partial charge in [-0.2, -0.15) is 5.26 Å². The molecule has 6 heteroatoms. The molecular formula is C9H12ClN5. The third-order valence-corrected chi connectivity index (χ3v) is 2.29.